The van der Waals surface area contributed by atoms with Crippen LogP contribution in [0.2, 0.25) is 0 Å². The molecule has 0 spiro atoms. The largest absolute Gasteiger partial charge is 0.481 e. The van der Waals surface area contributed by atoms with Gasteiger partial charge >= 0.3 is 5.97 Å². The Morgan fingerprint density at radius 3 is 2.57 bits per heavy atom. The molecular formula is C16H14N4O3. The Hall–Kier alpha value is -3.22. The van der Waals surface area contributed by atoms with Crippen molar-refractivity contribution in [2.24, 2.45) is 0 Å². The number of pyridine rings is 1. The van der Waals surface area contributed by atoms with E-state index in [1.807, 2.05) is 6.92 Å². The third-order valence-electron chi connectivity index (χ3n) is 3.40. The smallest absolute Gasteiger partial charge is 0.307 e. The number of anilines is 1. The Labute approximate surface area is 131 Å². The molecule has 2 heterocycles. The fraction of sp³-hybridized carbons (Fsp3) is 0.125. The van der Waals surface area contributed by atoms with E-state index < -0.39 is 5.97 Å². The van der Waals surface area contributed by atoms with Crippen LogP contribution < -0.4 is 5.32 Å². The first-order chi connectivity index (χ1) is 11.0. The molecule has 0 radical (unpaired) electrons. The predicted molar refractivity (Wildman–Crippen MR) is 83.5 cm³/mol. The van der Waals surface area contributed by atoms with Gasteiger partial charge in [0.2, 0.25) is 0 Å². The van der Waals surface area contributed by atoms with Crippen molar-refractivity contribution < 1.29 is 14.7 Å². The number of fused-ring (bicyclic) bond motifs is 1. The number of nitrogens with one attached hydrogen (secondary N) is 1. The minimum absolute atomic E-state index is 0.0438. The number of carboxylic acids is 1. The van der Waals surface area contributed by atoms with Crippen LogP contribution in [-0.2, 0) is 11.2 Å². The second-order valence-electron chi connectivity index (χ2n) is 5.11. The Kier molecular flexibility index (Phi) is 3.76. The van der Waals surface area contributed by atoms with Gasteiger partial charge in [-0.1, -0.05) is 12.1 Å². The first kappa shape index (κ1) is 14.7. The van der Waals surface area contributed by atoms with Crippen molar-refractivity contribution in [2.75, 3.05) is 5.32 Å². The molecular weight excluding hydrogens is 296 g/mol. The lowest BCUT2D eigenvalue weighted by Crippen LogP contribution is -2.13. The number of rotatable bonds is 4. The monoisotopic (exact) mass is 310 g/mol. The number of nitrogens with zero attached hydrogens (tertiary/aromatic N) is 3. The first-order valence-corrected chi connectivity index (χ1v) is 6.96. The van der Waals surface area contributed by atoms with E-state index in [-0.39, 0.29) is 12.3 Å². The Morgan fingerprint density at radius 1 is 1.13 bits per heavy atom. The van der Waals surface area contributed by atoms with E-state index in [4.69, 9.17) is 5.11 Å². The molecule has 23 heavy (non-hydrogen) atoms. The van der Waals surface area contributed by atoms with Crippen LogP contribution in [-0.4, -0.2) is 31.6 Å². The maximum Gasteiger partial charge on any atom is 0.307 e. The molecule has 0 saturated heterocycles. The number of amides is 1. The van der Waals surface area contributed by atoms with Crippen molar-refractivity contribution in [1.82, 2.24) is 14.6 Å². The molecule has 0 aliphatic carbocycles. The van der Waals surface area contributed by atoms with Crippen molar-refractivity contribution in [1.29, 1.82) is 0 Å². The summed E-state index contributed by atoms with van der Waals surface area (Å²) < 4.78 is 1.74. The van der Waals surface area contributed by atoms with Crippen molar-refractivity contribution in [3.05, 3.63) is 59.5 Å². The minimum atomic E-state index is -0.889. The number of benzene rings is 1. The van der Waals surface area contributed by atoms with Crippen molar-refractivity contribution in [3.63, 3.8) is 0 Å². The third kappa shape index (κ3) is 3.18. The minimum Gasteiger partial charge on any atom is -0.481 e. The van der Waals surface area contributed by atoms with Gasteiger partial charge in [-0.25, -0.2) is 0 Å². The average Bonchev–Trinajstić information content (AvgIpc) is 2.89. The zero-order chi connectivity index (χ0) is 16.4. The van der Waals surface area contributed by atoms with Gasteiger partial charge in [-0.3, -0.25) is 14.0 Å². The van der Waals surface area contributed by atoms with E-state index in [1.54, 1.807) is 47.0 Å². The molecule has 0 atom stereocenters. The molecule has 3 rings (SSSR count). The van der Waals surface area contributed by atoms with Crippen LogP contribution >= 0.6 is 0 Å². The number of aromatic nitrogens is 3. The summed E-state index contributed by atoms with van der Waals surface area (Å²) >= 11 is 0. The van der Waals surface area contributed by atoms with Gasteiger partial charge in [0.05, 0.1) is 12.0 Å². The molecule has 116 valence electrons. The lowest BCUT2D eigenvalue weighted by molar-refractivity contribution is -0.136. The van der Waals surface area contributed by atoms with Gasteiger partial charge in [-0.15, -0.1) is 10.2 Å². The van der Waals surface area contributed by atoms with Gasteiger partial charge in [0.15, 0.2) is 5.65 Å². The average molecular weight is 310 g/mol. The Bertz CT molecular complexity index is 884. The van der Waals surface area contributed by atoms with Crippen LogP contribution in [0.3, 0.4) is 0 Å². The van der Waals surface area contributed by atoms with Crippen LogP contribution in [0.5, 0.6) is 0 Å². The summed E-state index contributed by atoms with van der Waals surface area (Å²) in [5.41, 5.74) is 2.44. The fourth-order valence-electron chi connectivity index (χ4n) is 2.22. The van der Waals surface area contributed by atoms with Crippen LogP contribution in [0.4, 0.5) is 5.69 Å². The van der Waals surface area contributed by atoms with Crippen molar-refractivity contribution >= 4 is 23.2 Å². The molecule has 7 heteroatoms. The molecule has 1 aromatic carbocycles. The summed E-state index contributed by atoms with van der Waals surface area (Å²) in [5, 5.41) is 19.4. The third-order valence-corrected chi connectivity index (χ3v) is 3.40. The van der Waals surface area contributed by atoms with Crippen molar-refractivity contribution in [3.8, 4) is 0 Å². The topological polar surface area (TPSA) is 96.6 Å². The molecule has 0 saturated carbocycles. The molecule has 0 aliphatic rings. The predicted octanol–water partition coefficient (Wildman–Crippen LogP) is 1.92. The normalized spacial score (nSPS) is 10.7. The molecule has 0 fully saturated rings. The summed E-state index contributed by atoms with van der Waals surface area (Å²) in [6.45, 7) is 1.81. The number of aryl methyl sites for hydroxylation is 1. The number of carbonyl (C=O) groups excluding carboxylic acids is 1. The highest BCUT2D eigenvalue weighted by molar-refractivity contribution is 6.04. The summed E-state index contributed by atoms with van der Waals surface area (Å²) in [6, 6.07) is 10.1. The number of aliphatic carboxylic acids is 1. The molecule has 0 aliphatic heterocycles. The summed E-state index contributed by atoms with van der Waals surface area (Å²) in [5.74, 6) is -0.446. The van der Waals surface area contributed by atoms with E-state index in [2.05, 4.69) is 15.5 Å². The second-order valence-corrected chi connectivity index (χ2v) is 5.11. The maximum absolute atomic E-state index is 12.3. The lowest BCUT2D eigenvalue weighted by Gasteiger charge is -2.07. The molecule has 2 N–H and O–H groups in total. The van der Waals surface area contributed by atoms with Crippen LogP contribution in [0.25, 0.3) is 5.65 Å². The Balaban J connectivity index is 1.77. The second kappa shape index (κ2) is 5.88. The van der Waals surface area contributed by atoms with Crippen LogP contribution in [0.1, 0.15) is 21.7 Å². The zero-order valence-electron chi connectivity index (χ0n) is 12.4. The Morgan fingerprint density at radius 2 is 1.87 bits per heavy atom. The van der Waals surface area contributed by atoms with Gasteiger partial charge < -0.3 is 10.4 Å². The first-order valence-electron chi connectivity index (χ1n) is 6.96. The molecule has 0 bridgehead atoms. The summed E-state index contributed by atoms with van der Waals surface area (Å²) in [7, 11) is 0. The SMILES string of the molecule is Cc1nnc2ccc(C(=O)Nc3ccc(CC(=O)O)cc3)cn12. The molecule has 0 unspecified atom stereocenters. The maximum atomic E-state index is 12.3. The molecule has 2 aromatic heterocycles. The number of carboxylic acid groups (broad SMARTS) is 1. The van der Waals surface area contributed by atoms with E-state index >= 15 is 0 Å². The number of hydrogen-bond donors (Lipinski definition) is 2. The highest BCUT2D eigenvalue weighted by Gasteiger charge is 2.09. The van der Waals surface area contributed by atoms with Gasteiger partial charge in [0.1, 0.15) is 5.82 Å². The fourth-order valence-corrected chi connectivity index (χ4v) is 2.22. The van der Waals surface area contributed by atoms with Gasteiger partial charge in [0.25, 0.3) is 5.91 Å². The van der Waals surface area contributed by atoms with Crippen LogP contribution in [0.15, 0.2) is 42.6 Å². The highest BCUT2D eigenvalue weighted by Crippen LogP contribution is 2.13. The standard InChI is InChI=1S/C16H14N4O3/c1-10-18-19-14-7-4-12(9-20(10)14)16(23)17-13-5-2-11(3-6-13)8-15(21)22/h2-7,9H,8H2,1H3,(H,17,23)(H,21,22). The van der Waals surface area contributed by atoms with Crippen molar-refractivity contribution in [2.45, 2.75) is 13.3 Å². The quantitative estimate of drug-likeness (QED) is 0.767. The molecule has 7 nitrogen and oxygen atoms in total. The van der Waals surface area contributed by atoms with E-state index in [0.29, 0.717) is 28.3 Å². The lowest BCUT2D eigenvalue weighted by atomic mass is 10.1. The number of hydrogen-bond acceptors (Lipinski definition) is 4. The molecule has 3 aromatic rings. The summed E-state index contributed by atoms with van der Waals surface area (Å²) in [6.07, 6.45) is 1.64. The van der Waals surface area contributed by atoms with E-state index in [9.17, 15) is 9.59 Å². The van der Waals surface area contributed by atoms with Gasteiger partial charge in [-0.2, -0.15) is 0 Å². The summed E-state index contributed by atoms with van der Waals surface area (Å²) in [4.78, 5) is 22.9. The van der Waals surface area contributed by atoms with Gasteiger partial charge in [0, 0.05) is 11.9 Å². The molecule has 1 amide bonds. The van der Waals surface area contributed by atoms with E-state index in [0.717, 1.165) is 0 Å². The zero-order valence-corrected chi connectivity index (χ0v) is 12.4. The van der Waals surface area contributed by atoms with Gasteiger partial charge in [-0.05, 0) is 36.8 Å². The van der Waals surface area contributed by atoms with Crippen LogP contribution in [0, 0.1) is 6.92 Å². The highest BCUT2D eigenvalue weighted by atomic mass is 16.4. The van der Waals surface area contributed by atoms with E-state index in [1.165, 1.54) is 0 Å². The number of carbonyl (C=O) groups is 2.